The van der Waals surface area contributed by atoms with E-state index in [0.29, 0.717) is 0 Å². The van der Waals surface area contributed by atoms with Gasteiger partial charge < -0.3 is 9.13 Å². The Balaban J connectivity index is 1.94. The third-order valence-corrected chi connectivity index (χ3v) is 13.9. The van der Waals surface area contributed by atoms with Crippen LogP contribution in [0.1, 0.15) is 22.3 Å². The summed E-state index contributed by atoms with van der Waals surface area (Å²) in [6, 6.07) is 31.4. The lowest BCUT2D eigenvalue weighted by molar-refractivity contribution is 0.582. The minimum Gasteiger partial charge on any atom is -0.313 e. The first-order chi connectivity index (χ1) is 15.7. The lowest BCUT2D eigenvalue weighted by Crippen LogP contribution is -2.25. The number of aryl methyl sites for hydroxylation is 4. The highest BCUT2D eigenvalue weighted by Crippen LogP contribution is 2.59. The Hall–Kier alpha value is -2.66. The molecule has 4 aromatic rings. The van der Waals surface area contributed by atoms with Crippen LogP contribution in [0.25, 0.3) is 0 Å². The molecular formula is C29H30O2P2. The number of benzene rings is 4. The van der Waals surface area contributed by atoms with Crippen molar-refractivity contribution in [2.75, 3.05) is 5.90 Å². The van der Waals surface area contributed by atoms with Gasteiger partial charge in [0.2, 0.25) is 0 Å². The highest BCUT2D eigenvalue weighted by Gasteiger charge is 2.39. The fourth-order valence-electron chi connectivity index (χ4n) is 4.05. The number of hydrogen-bond acceptors (Lipinski definition) is 2. The summed E-state index contributed by atoms with van der Waals surface area (Å²) in [7, 11) is -6.41. The summed E-state index contributed by atoms with van der Waals surface area (Å²) < 4.78 is 29.9. The molecule has 0 bridgehead atoms. The lowest BCUT2D eigenvalue weighted by Gasteiger charge is -2.27. The maximum Gasteiger partial charge on any atom is 0.150 e. The lowest BCUT2D eigenvalue weighted by atomic mass is 10.2. The topological polar surface area (TPSA) is 34.1 Å². The molecule has 0 amide bonds. The van der Waals surface area contributed by atoms with Crippen LogP contribution in [0.3, 0.4) is 0 Å². The molecule has 0 saturated heterocycles. The molecule has 0 aliphatic rings. The highest BCUT2D eigenvalue weighted by atomic mass is 31.2. The second-order valence-corrected chi connectivity index (χ2v) is 15.1. The first kappa shape index (κ1) is 23.5. The Kier molecular flexibility index (Phi) is 6.62. The predicted molar refractivity (Wildman–Crippen MR) is 143 cm³/mol. The van der Waals surface area contributed by atoms with E-state index in [0.717, 1.165) is 43.5 Å². The summed E-state index contributed by atoms with van der Waals surface area (Å²) in [5.74, 6) is 0.0816. The molecule has 0 aromatic heterocycles. The molecular weight excluding hydrogens is 442 g/mol. The van der Waals surface area contributed by atoms with E-state index >= 15 is 0 Å². The zero-order chi connectivity index (χ0) is 23.6. The molecule has 0 radical (unpaired) electrons. The van der Waals surface area contributed by atoms with Crippen molar-refractivity contribution in [2.24, 2.45) is 0 Å². The molecule has 0 heterocycles. The van der Waals surface area contributed by atoms with Gasteiger partial charge in [0.15, 0.2) is 14.3 Å². The van der Waals surface area contributed by atoms with Crippen LogP contribution in [-0.4, -0.2) is 5.90 Å². The molecule has 0 saturated carbocycles. The molecule has 0 N–H and O–H groups in total. The normalized spacial score (nSPS) is 12.0. The van der Waals surface area contributed by atoms with E-state index in [1.165, 1.54) is 0 Å². The van der Waals surface area contributed by atoms with Crippen LogP contribution >= 0.6 is 14.3 Å². The molecule has 4 heteroatoms. The van der Waals surface area contributed by atoms with E-state index in [4.69, 9.17) is 0 Å². The standard InChI is InChI=1S/C29H30O2P2/c1-22-5-13-26(14-6-22)32(30,27-15-7-23(2)8-16-27)21-33(31,28-17-9-24(3)10-18-28)29-19-11-25(4)12-20-29/h5-20H,21H2,1-4H3. The van der Waals surface area contributed by atoms with E-state index in [1.54, 1.807) is 0 Å². The van der Waals surface area contributed by atoms with Crippen molar-refractivity contribution < 1.29 is 9.13 Å². The summed E-state index contributed by atoms with van der Waals surface area (Å²) in [4.78, 5) is 0. The molecule has 0 atom stereocenters. The van der Waals surface area contributed by atoms with Crippen molar-refractivity contribution in [1.29, 1.82) is 0 Å². The second-order valence-electron chi connectivity index (χ2n) is 8.96. The van der Waals surface area contributed by atoms with Gasteiger partial charge in [-0.15, -0.1) is 0 Å². The summed E-state index contributed by atoms with van der Waals surface area (Å²) in [6.45, 7) is 8.07. The molecule has 4 aromatic carbocycles. The maximum atomic E-state index is 15.0. The Morgan fingerprint density at radius 2 is 0.576 bits per heavy atom. The van der Waals surface area contributed by atoms with Crippen molar-refractivity contribution in [2.45, 2.75) is 27.7 Å². The molecule has 0 unspecified atom stereocenters. The second kappa shape index (κ2) is 9.30. The minimum atomic E-state index is -3.20. The van der Waals surface area contributed by atoms with Gasteiger partial charge in [-0.25, -0.2) is 0 Å². The summed E-state index contributed by atoms with van der Waals surface area (Å²) in [6.07, 6.45) is 0. The molecule has 2 nitrogen and oxygen atoms in total. The average Bonchev–Trinajstić information content (AvgIpc) is 2.80. The third-order valence-electron chi connectivity index (χ3n) is 6.20. The Bertz CT molecular complexity index is 1130. The number of hydrogen-bond donors (Lipinski definition) is 0. The molecule has 0 aliphatic heterocycles. The van der Waals surface area contributed by atoms with E-state index in [-0.39, 0.29) is 5.90 Å². The zero-order valence-electron chi connectivity index (χ0n) is 19.7. The van der Waals surface area contributed by atoms with Gasteiger partial charge in [-0.1, -0.05) is 119 Å². The van der Waals surface area contributed by atoms with Crippen molar-refractivity contribution in [3.8, 4) is 0 Å². The van der Waals surface area contributed by atoms with Gasteiger partial charge >= 0.3 is 0 Å². The van der Waals surface area contributed by atoms with Crippen LogP contribution in [0.5, 0.6) is 0 Å². The summed E-state index contributed by atoms with van der Waals surface area (Å²) in [5, 5.41) is 2.99. The van der Waals surface area contributed by atoms with Gasteiger partial charge in [-0.2, -0.15) is 0 Å². The monoisotopic (exact) mass is 472 g/mol. The van der Waals surface area contributed by atoms with E-state index in [1.807, 2.05) is 125 Å². The van der Waals surface area contributed by atoms with Gasteiger partial charge in [0.1, 0.15) is 0 Å². The largest absolute Gasteiger partial charge is 0.313 e. The maximum absolute atomic E-state index is 15.0. The highest BCUT2D eigenvalue weighted by molar-refractivity contribution is 7.94. The van der Waals surface area contributed by atoms with Crippen LogP contribution in [-0.2, 0) is 9.13 Å². The van der Waals surface area contributed by atoms with Crippen LogP contribution in [0.15, 0.2) is 97.1 Å². The average molecular weight is 473 g/mol. The quantitative estimate of drug-likeness (QED) is 0.313. The van der Waals surface area contributed by atoms with Gasteiger partial charge in [0.25, 0.3) is 0 Å². The number of rotatable bonds is 6. The van der Waals surface area contributed by atoms with Gasteiger partial charge in [-0.3, -0.25) is 0 Å². The van der Waals surface area contributed by atoms with Gasteiger partial charge in [-0.05, 0) is 27.7 Å². The molecule has 168 valence electrons. The summed E-state index contributed by atoms with van der Waals surface area (Å²) in [5.41, 5.74) is 4.42. The Morgan fingerprint density at radius 3 is 0.758 bits per heavy atom. The van der Waals surface area contributed by atoms with Gasteiger partial charge in [0.05, 0.1) is 5.90 Å². The van der Waals surface area contributed by atoms with Crippen molar-refractivity contribution in [3.63, 3.8) is 0 Å². The van der Waals surface area contributed by atoms with Crippen molar-refractivity contribution >= 4 is 35.5 Å². The fourth-order valence-corrected chi connectivity index (χ4v) is 12.0. The smallest absolute Gasteiger partial charge is 0.150 e. The van der Waals surface area contributed by atoms with Gasteiger partial charge in [0, 0.05) is 21.2 Å². The molecule has 0 fully saturated rings. The molecule has 4 rings (SSSR count). The van der Waals surface area contributed by atoms with Crippen LogP contribution in [0.4, 0.5) is 0 Å². The van der Waals surface area contributed by atoms with Crippen LogP contribution < -0.4 is 21.2 Å². The van der Waals surface area contributed by atoms with E-state index in [9.17, 15) is 9.13 Å². The molecule has 0 aliphatic carbocycles. The predicted octanol–water partition coefficient (Wildman–Crippen LogP) is 6.21. The molecule has 33 heavy (non-hydrogen) atoms. The molecule has 0 spiro atoms. The van der Waals surface area contributed by atoms with Crippen molar-refractivity contribution in [1.82, 2.24) is 0 Å². The Labute approximate surface area is 197 Å². The van der Waals surface area contributed by atoms with Crippen molar-refractivity contribution in [3.05, 3.63) is 119 Å². The fraction of sp³-hybridized carbons (Fsp3) is 0.172. The van der Waals surface area contributed by atoms with Crippen LogP contribution in [0.2, 0.25) is 0 Å². The third kappa shape index (κ3) is 4.84. The first-order valence-electron chi connectivity index (χ1n) is 11.2. The van der Waals surface area contributed by atoms with Crippen LogP contribution in [0, 0.1) is 27.7 Å². The van der Waals surface area contributed by atoms with E-state index in [2.05, 4.69) is 0 Å². The Morgan fingerprint density at radius 1 is 0.394 bits per heavy atom. The summed E-state index contributed by atoms with van der Waals surface area (Å²) >= 11 is 0. The SMILES string of the molecule is Cc1ccc(P(=O)(CP(=O)(c2ccc(C)cc2)c2ccc(C)cc2)c2ccc(C)cc2)cc1. The minimum absolute atomic E-state index is 0.0816. The first-order valence-corrected chi connectivity index (χ1v) is 15.0. The zero-order valence-corrected chi connectivity index (χ0v) is 21.4. The van der Waals surface area contributed by atoms with E-state index < -0.39 is 14.3 Å².